The number of nitrogens with two attached hydrogens (primary N) is 1. The zero-order valence-electron chi connectivity index (χ0n) is 9.86. The van der Waals surface area contributed by atoms with Crippen molar-refractivity contribution in [2.75, 3.05) is 31.3 Å². The molecule has 1 amide bonds. The van der Waals surface area contributed by atoms with Crippen molar-refractivity contribution >= 4 is 34.6 Å². The minimum atomic E-state index is -0.0509. The third-order valence-corrected chi connectivity index (χ3v) is 2.00. The standard InChI is InChI=1S/C11H16N4OS/c1-15(2)7-10(16)13-8-3-5-9(6-4-8)14-11(12)17/h3-6H,7H2,1-2H3,(H,13,16)(H3,12,14,17). The molecule has 1 aromatic rings. The monoisotopic (exact) mass is 252 g/mol. The molecule has 92 valence electrons. The minimum Gasteiger partial charge on any atom is -0.376 e. The Hall–Kier alpha value is -1.66. The van der Waals surface area contributed by atoms with Crippen LogP contribution in [0.15, 0.2) is 24.3 Å². The van der Waals surface area contributed by atoms with Gasteiger partial charge < -0.3 is 21.3 Å². The first-order valence-electron chi connectivity index (χ1n) is 5.08. The number of carbonyl (C=O) groups excluding carboxylic acids is 1. The lowest BCUT2D eigenvalue weighted by Gasteiger charge is -2.10. The van der Waals surface area contributed by atoms with E-state index in [9.17, 15) is 4.79 Å². The van der Waals surface area contributed by atoms with E-state index in [1.165, 1.54) is 0 Å². The summed E-state index contributed by atoms with van der Waals surface area (Å²) in [7, 11) is 3.68. The van der Waals surface area contributed by atoms with Crippen LogP contribution in [0, 0.1) is 0 Å². The highest BCUT2D eigenvalue weighted by Crippen LogP contribution is 2.13. The highest BCUT2D eigenvalue weighted by atomic mass is 32.1. The van der Waals surface area contributed by atoms with Gasteiger partial charge in [-0.05, 0) is 50.6 Å². The molecule has 0 unspecified atom stereocenters. The van der Waals surface area contributed by atoms with E-state index in [0.29, 0.717) is 6.54 Å². The SMILES string of the molecule is CN(C)CC(=O)Nc1ccc(NC(N)=S)cc1. The number of benzene rings is 1. The fraction of sp³-hybridized carbons (Fsp3) is 0.273. The van der Waals surface area contributed by atoms with Crippen LogP contribution in [0.4, 0.5) is 11.4 Å². The molecule has 1 aromatic carbocycles. The van der Waals surface area contributed by atoms with E-state index in [0.717, 1.165) is 11.4 Å². The van der Waals surface area contributed by atoms with E-state index in [4.69, 9.17) is 18.0 Å². The number of amides is 1. The first-order valence-corrected chi connectivity index (χ1v) is 5.49. The zero-order valence-corrected chi connectivity index (χ0v) is 10.7. The van der Waals surface area contributed by atoms with E-state index >= 15 is 0 Å². The average molecular weight is 252 g/mol. The van der Waals surface area contributed by atoms with Gasteiger partial charge in [0.25, 0.3) is 0 Å². The first-order chi connectivity index (χ1) is 7.97. The first kappa shape index (κ1) is 13.4. The van der Waals surface area contributed by atoms with Crippen LogP contribution < -0.4 is 16.4 Å². The lowest BCUT2D eigenvalue weighted by molar-refractivity contribution is -0.116. The van der Waals surface area contributed by atoms with Gasteiger partial charge in [0, 0.05) is 11.4 Å². The highest BCUT2D eigenvalue weighted by molar-refractivity contribution is 7.80. The normalized spacial score (nSPS) is 10.1. The van der Waals surface area contributed by atoms with Gasteiger partial charge in [0.1, 0.15) is 0 Å². The van der Waals surface area contributed by atoms with Crippen molar-refractivity contribution in [1.29, 1.82) is 0 Å². The predicted molar refractivity (Wildman–Crippen MR) is 74.0 cm³/mol. The number of likely N-dealkylation sites (N-methyl/N-ethyl adjacent to an activating group) is 1. The van der Waals surface area contributed by atoms with Gasteiger partial charge in [-0.1, -0.05) is 0 Å². The summed E-state index contributed by atoms with van der Waals surface area (Å²) >= 11 is 4.72. The lowest BCUT2D eigenvalue weighted by Crippen LogP contribution is -2.27. The summed E-state index contributed by atoms with van der Waals surface area (Å²) in [6.45, 7) is 0.354. The summed E-state index contributed by atoms with van der Waals surface area (Å²) in [6, 6.07) is 7.16. The van der Waals surface area contributed by atoms with Crippen LogP contribution in [0.2, 0.25) is 0 Å². The quantitative estimate of drug-likeness (QED) is 0.693. The number of hydrogen-bond acceptors (Lipinski definition) is 3. The Bertz CT molecular complexity index is 402. The summed E-state index contributed by atoms with van der Waals surface area (Å²) in [5, 5.41) is 5.80. The van der Waals surface area contributed by atoms with Crippen molar-refractivity contribution in [2.45, 2.75) is 0 Å². The Kier molecular flexibility index (Phi) is 4.86. The van der Waals surface area contributed by atoms with Gasteiger partial charge in [-0.15, -0.1) is 0 Å². The van der Waals surface area contributed by atoms with E-state index in [1.807, 2.05) is 14.1 Å². The topological polar surface area (TPSA) is 70.4 Å². The second kappa shape index (κ2) is 6.17. The smallest absolute Gasteiger partial charge is 0.238 e. The molecule has 0 radical (unpaired) electrons. The summed E-state index contributed by atoms with van der Waals surface area (Å²) in [5.41, 5.74) is 6.88. The second-order valence-corrected chi connectivity index (χ2v) is 4.29. The van der Waals surface area contributed by atoms with E-state index < -0.39 is 0 Å². The fourth-order valence-corrected chi connectivity index (χ4v) is 1.38. The van der Waals surface area contributed by atoms with Gasteiger partial charge in [0.05, 0.1) is 6.54 Å². The largest absolute Gasteiger partial charge is 0.376 e. The van der Waals surface area contributed by atoms with Gasteiger partial charge >= 0.3 is 0 Å². The van der Waals surface area contributed by atoms with Crippen molar-refractivity contribution < 1.29 is 4.79 Å². The third-order valence-electron chi connectivity index (χ3n) is 1.90. The molecule has 0 saturated carbocycles. The van der Waals surface area contributed by atoms with E-state index in [-0.39, 0.29) is 11.0 Å². The second-order valence-electron chi connectivity index (χ2n) is 3.85. The molecule has 0 aliphatic carbocycles. The molecule has 0 aromatic heterocycles. The third kappa shape index (κ3) is 5.28. The highest BCUT2D eigenvalue weighted by Gasteiger charge is 2.03. The van der Waals surface area contributed by atoms with Gasteiger partial charge in [0.15, 0.2) is 5.11 Å². The number of rotatable bonds is 4. The van der Waals surface area contributed by atoms with Crippen LogP contribution in [-0.2, 0) is 4.79 Å². The number of anilines is 2. The van der Waals surface area contributed by atoms with Gasteiger partial charge in [-0.25, -0.2) is 0 Å². The number of nitrogens with one attached hydrogen (secondary N) is 2. The summed E-state index contributed by atoms with van der Waals surface area (Å²) in [6.07, 6.45) is 0. The molecule has 6 heteroatoms. The molecule has 0 saturated heterocycles. The van der Waals surface area contributed by atoms with Crippen LogP contribution in [0.3, 0.4) is 0 Å². The van der Waals surface area contributed by atoms with Crippen LogP contribution in [-0.4, -0.2) is 36.6 Å². The van der Waals surface area contributed by atoms with Crippen molar-refractivity contribution in [3.05, 3.63) is 24.3 Å². The zero-order chi connectivity index (χ0) is 12.8. The fourth-order valence-electron chi connectivity index (χ4n) is 1.27. The summed E-state index contributed by atoms with van der Waals surface area (Å²) in [5.74, 6) is -0.0509. The van der Waals surface area contributed by atoms with Gasteiger partial charge in [-0.3, -0.25) is 4.79 Å². The molecule has 0 heterocycles. The maximum absolute atomic E-state index is 11.5. The predicted octanol–water partition coefficient (Wildman–Crippen LogP) is 0.842. The number of carbonyl (C=O) groups is 1. The average Bonchev–Trinajstić information content (AvgIpc) is 2.18. The van der Waals surface area contributed by atoms with Crippen molar-refractivity contribution in [3.8, 4) is 0 Å². The van der Waals surface area contributed by atoms with Crippen molar-refractivity contribution in [2.24, 2.45) is 5.73 Å². The maximum atomic E-state index is 11.5. The molecule has 0 fully saturated rings. The van der Waals surface area contributed by atoms with E-state index in [1.54, 1.807) is 29.2 Å². The van der Waals surface area contributed by atoms with Gasteiger partial charge in [-0.2, -0.15) is 0 Å². The molecular formula is C11H16N4OS. The lowest BCUT2D eigenvalue weighted by atomic mass is 10.3. The molecule has 17 heavy (non-hydrogen) atoms. The Labute approximate surface area is 106 Å². The summed E-state index contributed by atoms with van der Waals surface area (Å²) < 4.78 is 0. The number of nitrogens with zero attached hydrogens (tertiary/aromatic N) is 1. The van der Waals surface area contributed by atoms with Crippen molar-refractivity contribution in [3.63, 3.8) is 0 Å². The summed E-state index contributed by atoms with van der Waals surface area (Å²) in [4.78, 5) is 13.3. The van der Waals surface area contributed by atoms with Crippen molar-refractivity contribution in [1.82, 2.24) is 4.90 Å². The van der Waals surface area contributed by atoms with Crippen LogP contribution >= 0.6 is 12.2 Å². The number of thiocarbonyl (C=S) groups is 1. The molecular weight excluding hydrogens is 236 g/mol. The van der Waals surface area contributed by atoms with Crippen LogP contribution in [0.1, 0.15) is 0 Å². The number of hydrogen-bond donors (Lipinski definition) is 3. The molecule has 5 nitrogen and oxygen atoms in total. The van der Waals surface area contributed by atoms with Crippen LogP contribution in [0.5, 0.6) is 0 Å². The Morgan fingerprint density at radius 1 is 1.24 bits per heavy atom. The Balaban J connectivity index is 2.56. The Morgan fingerprint density at radius 3 is 2.12 bits per heavy atom. The molecule has 0 aliphatic heterocycles. The van der Waals surface area contributed by atoms with Crippen LogP contribution in [0.25, 0.3) is 0 Å². The molecule has 0 spiro atoms. The molecule has 0 atom stereocenters. The molecule has 0 aliphatic rings. The van der Waals surface area contributed by atoms with Gasteiger partial charge in [0.2, 0.25) is 5.91 Å². The Morgan fingerprint density at radius 2 is 1.71 bits per heavy atom. The molecule has 4 N–H and O–H groups in total. The molecule has 1 rings (SSSR count). The molecule has 0 bridgehead atoms. The van der Waals surface area contributed by atoms with E-state index in [2.05, 4.69) is 10.6 Å². The minimum absolute atomic E-state index is 0.0509. The maximum Gasteiger partial charge on any atom is 0.238 e.